The lowest BCUT2D eigenvalue weighted by Gasteiger charge is -2.46. The maximum Gasteiger partial charge on any atom is 0.339 e. The highest BCUT2D eigenvalue weighted by Gasteiger charge is 2.63. The molecule has 3 heterocycles. The van der Waals surface area contributed by atoms with Gasteiger partial charge in [-0.3, -0.25) is 14.5 Å². The van der Waals surface area contributed by atoms with Crippen LogP contribution < -0.4 is 16.0 Å². The average Bonchev–Trinajstić information content (AvgIpc) is 3.35. The molecule has 1 aromatic heterocycles. The predicted octanol–water partition coefficient (Wildman–Crippen LogP) is 1.89. The number of nitrogens with two attached hydrogens (primary N) is 1. The summed E-state index contributed by atoms with van der Waals surface area (Å²) in [5.74, 6) is -1.29. The van der Waals surface area contributed by atoms with Crippen LogP contribution in [0, 0.1) is 5.41 Å². The molecule has 1 aliphatic carbocycles. The summed E-state index contributed by atoms with van der Waals surface area (Å²) in [6, 6.07) is 7.02. The molecule has 10 heteroatoms. The molecule has 0 bridgehead atoms. The van der Waals surface area contributed by atoms with Gasteiger partial charge in [-0.05, 0) is 24.8 Å². The number of fused-ring (bicyclic) bond motifs is 3. The largest absolute Gasteiger partial charge is 0.462 e. The number of nitrogens with zero attached hydrogens (tertiary/aromatic N) is 3. The van der Waals surface area contributed by atoms with Gasteiger partial charge in [-0.1, -0.05) is 32.0 Å². The fourth-order valence-corrected chi connectivity index (χ4v) is 5.24. The molecule has 170 valence electrons. The number of allylic oxidation sites excluding steroid dienone is 1. The summed E-state index contributed by atoms with van der Waals surface area (Å²) in [6.07, 6.45) is 1.96. The lowest BCUT2D eigenvalue weighted by molar-refractivity contribution is -0.140. The minimum absolute atomic E-state index is 0.0266. The minimum Gasteiger partial charge on any atom is -0.462 e. The van der Waals surface area contributed by atoms with Crippen LogP contribution in [0.3, 0.4) is 0 Å². The molecule has 1 aromatic carbocycles. The van der Waals surface area contributed by atoms with Gasteiger partial charge in [0.25, 0.3) is 0 Å². The van der Waals surface area contributed by atoms with Crippen molar-refractivity contribution in [2.75, 3.05) is 16.8 Å². The molecule has 0 saturated carbocycles. The minimum atomic E-state index is -1.72. The average molecular weight is 448 g/mol. The molecule has 1 amide bonds. The van der Waals surface area contributed by atoms with Crippen LogP contribution in [0.5, 0.6) is 0 Å². The van der Waals surface area contributed by atoms with E-state index in [-0.39, 0.29) is 41.7 Å². The first kappa shape index (κ1) is 20.9. The zero-order valence-electron chi connectivity index (χ0n) is 18.6. The van der Waals surface area contributed by atoms with Crippen molar-refractivity contribution < 1.29 is 19.1 Å². The highest BCUT2D eigenvalue weighted by Crippen LogP contribution is 2.57. The molecule has 1 spiro atoms. The van der Waals surface area contributed by atoms with Crippen LogP contribution in [0.15, 0.2) is 53.3 Å². The molecule has 1 atom stereocenters. The summed E-state index contributed by atoms with van der Waals surface area (Å²) >= 11 is 0. The highest BCUT2D eigenvalue weighted by atomic mass is 16.5. The Kier molecular flexibility index (Phi) is 4.45. The van der Waals surface area contributed by atoms with E-state index in [1.807, 2.05) is 13.8 Å². The van der Waals surface area contributed by atoms with Gasteiger partial charge in [0.15, 0.2) is 5.78 Å². The standard InChI is InChI=1S/C23H24N6O4/c1-4-33-19(31)17-18(24)29(21-25-11-26-28-21)14-9-22(2,3)10-15(30)16(14)23(17)12-7-5-6-8-13(12)27-20(23)32/h5-8,11H,4,9-10,24H2,1-3H3,(H,27,32)(H,25,26,28). The number of para-hydroxylation sites is 1. The first-order chi connectivity index (χ1) is 15.7. The first-order valence-corrected chi connectivity index (χ1v) is 10.7. The maximum atomic E-state index is 13.8. The summed E-state index contributed by atoms with van der Waals surface area (Å²) in [5, 5.41) is 9.53. The van der Waals surface area contributed by atoms with Crippen molar-refractivity contribution in [3.8, 4) is 0 Å². The van der Waals surface area contributed by atoms with Crippen molar-refractivity contribution in [3.05, 3.63) is 58.8 Å². The molecule has 5 rings (SSSR count). The Bertz CT molecular complexity index is 1260. The first-order valence-electron chi connectivity index (χ1n) is 10.7. The Morgan fingerprint density at radius 1 is 1.24 bits per heavy atom. The Hall–Kier alpha value is -3.95. The number of benzene rings is 1. The topological polar surface area (TPSA) is 143 Å². The fourth-order valence-electron chi connectivity index (χ4n) is 5.24. The number of carbonyl (C=O) groups excluding carboxylic acids is 3. The number of hydrogen-bond donors (Lipinski definition) is 3. The van der Waals surface area contributed by atoms with E-state index in [0.717, 1.165) is 0 Å². The van der Waals surface area contributed by atoms with E-state index in [4.69, 9.17) is 10.5 Å². The van der Waals surface area contributed by atoms with Crippen LogP contribution >= 0.6 is 0 Å². The van der Waals surface area contributed by atoms with Crippen LogP contribution in [0.2, 0.25) is 0 Å². The normalized spacial score (nSPS) is 23.5. The van der Waals surface area contributed by atoms with Gasteiger partial charge in [0, 0.05) is 28.9 Å². The zero-order chi connectivity index (χ0) is 23.5. The summed E-state index contributed by atoms with van der Waals surface area (Å²) in [7, 11) is 0. The number of hydrogen-bond acceptors (Lipinski definition) is 8. The number of aromatic amines is 1. The monoisotopic (exact) mass is 448 g/mol. The number of aromatic nitrogens is 3. The predicted molar refractivity (Wildman–Crippen MR) is 119 cm³/mol. The third-order valence-corrected chi connectivity index (χ3v) is 6.38. The fraction of sp³-hybridized carbons (Fsp3) is 0.348. The molecule has 3 aliphatic rings. The van der Waals surface area contributed by atoms with E-state index in [9.17, 15) is 14.4 Å². The second-order valence-corrected chi connectivity index (χ2v) is 9.14. The van der Waals surface area contributed by atoms with E-state index in [1.165, 1.54) is 11.2 Å². The van der Waals surface area contributed by atoms with Crippen LogP contribution in [0.1, 0.15) is 39.2 Å². The molecule has 10 nitrogen and oxygen atoms in total. The maximum absolute atomic E-state index is 13.8. The van der Waals surface area contributed by atoms with Gasteiger partial charge in [0.2, 0.25) is 11.9 Å². The van der Waals surface area contributed by atoms with E-state index < -0.39 is 22.7 Å². The van der Waals surface area contributed by atoms with Gasteiger partial charge in [-0.15, -0.1) is 0 Å². The molecular weight excluding hydrogens is 424 g/mol. The number of carbonyl (C=O) groups is 3. The van der Waals surface area contributed by atoms with E-state index >= 15 is 0 Å². The van der Waals surface area contributed by atoms with Crippen LogP contribution in [0.4, 0.5) is 11.6 Å². The van der Waals surface area contributed by atoms with Crippen molar-refractivity contribution in [2.45, 2.75) is 39.0 Å². The number of nitrogens with one attached hydrogen (secondary N) is 2. The third kappa shape index (κ3) is 2.76. The number of rotatable bonds is 3. The highest BCUT2D eigenvalue weighted by molar-refractivity contribution is 6.23. The van der Waals surface area contributed by atoms with Gasteiger partial charge in [-0.2, -0.15) is 10.1 Å². The SMILES string of the molecule is CCOC(=O)C1=C(N)N(c2ncn[nH]2)C2=C(C(=O)CC(C)(C)C2)C12C(=O)Nc1ccccc12. The summed E-state index contributed by atoms with van der Waals surface area (Å²) < 4.78 is 5.36. The van der Waals surface area contributed by atoms with Gasteiger partial charge in [0.1, 0.15) is 23.1 Å². The quantitative estimate of drug-likeness (QED) is 0.604. The second kappa shape index (κ2) is 7.03. The zero-order valence-corrected chi connectivity index (χ0v) is 18.6. The van der Waals surface area contributed by atoms with E-state index in [2.05, 4.69) is 20.5 Å². The van der Waals surface area contributed by atoms with Crippen molar-refractivity contribution in [1.82, 2.24) is 15.2 Å². The molecule has 1 unspecified atom stereocenters. The number of ketones is 1. The number of Topliss-reactive ketones (excluding diaryl/α,β-unsaturated/α-hetero) is 1. The molecule has 2 aliphatic heterocycles. The van der Waals surface area contributed by atoms with Crippen molar-refractivity contribution in [2.24, 2.45) is 11.1 Å². The second-order valence-electron chi connectivity index (χ2n) is 9.14. The molecule has 2 aromatic rings. The van der Waals surface area contributed by atoms with E-state index in [1.54, 1.807) is 31.2 Å². The third-order valence-electron chi connectivity index (χ3n) is 6.38. The number of amides is 1. The smallest absolute Gasteiger partial charge is 0.339 e. The lowest BCUT2D eigenvalue weighted by Crippen LogP contribution is -2.54. The van der Waals surface area contributed by atoms with Crippen LogP contribution in [-0.4, -0.2) is 39.4 Å². The molecular formula is C23H24N6O4. The van der Waals surface area contributed by atoms with Crippen LogP contribution in [-0.2, 0) is 24.5 Å². The Morgan fingerprint density at radius 2 is 2.00 bits per heavy atom. The van der Waals surface area contributed by atoms with Gasteiger partial charge >= 0.3 is 5.97 Å². The molecule has 0 fully saturated rings. The van der Waals surface area contributed by atoms with Crippen molar-refractivity contribution in [3.63, 3.8) is 0 Å². The Morgan fingerprint density at radius 3 is 2.70 bits per heavy atom. The Balaban J connectivity index is 1.91. The van der Waals surface area contributed by atoms with Crippen LogP contribution in [0.25, 0.3) is 0 Å². The number of esters is 1. The number of anilines is 2. The van der Waals surface area contributed by atoms with Gasteiger partial charge in [0.05, 0.1) is 6.61 Å². The van der Waals surface area contributed by atoms with E-state index in [0.29, 0.717) is 23.4 Å². The molecule has 0 radical (unpaired) electrons. The van der Waals surface area contributed by atoms with Crippen molar-refractivity contribution in [1.29, 1.82) is 0 Å². The van der Waals surface area contributed by atoms with Gasteiger partial charge < -0.3 is 15.8 Å². The summed E-state index contributed by atoms with van der Waals surface area (Å²) in [6.45, 7) is 5.69. The number of ether oxygens (including phenoxy) is 1. The molecule has 4 N–H and O–H groups in total. The molecule has 33 heavy (non-hydrogen) atoms. The van der Waals surface area contributed by atoms with Crippen molar-refractivity contribution >= 4 is 29.3 Å². The lowest BCUT2D eigenvalue weighted by atomic mass is 9.60. The summed E-state index contributed by atoms with van der Waals surface area (Å²) in [4.78, 5) is 46.7. The van der Waals surface area contributed by atoms with Gasteiger partial charge in [-0.25, -0.2) is 9.89 Å². The Labute approximate surface area is 189 Å². The number of H-pyrrole nitrogens is 1. The summed E-state index contributed by atoms with van der Waals surface area (Å²) in [5.41, 5.74) is 6.20. The molecule has 0 saturated heterocycles.